The van der Waals surface area contributed by atoms with Gasteiger partial charge in [-0.2, -0.15) is 0 Å². The highest BCUT2D eigenvalue weighted by Crippen LogP contribution is 2.11. The summed E-state index contributed by atoms with van der Waals surface area (Å²) in [7, 11) is 0. The number of carbonyl (C=O) groups excluding carboxylic acids is 1. The van der Waals surface area contributed by atoms with E-state index in [2.05, 4.69) is 17.6 Å². The van der Waals surface area contributed by atoms with Crippen LogP contribution in [0.5, 0.6) is 0 Å². The lowest BCUT2D eigenvalue weighted by molar-refractivity contribution is 0.0508. The number of ether oxygens (including phenoxy) is 1. The maximum atomic E-state index is 11.4. The van der Waals surface area contributed by atoms with Crippen LogP contribution in [0.15, 0.2) is 0 Å². The number of hydrogen-bond acceptors (Lipinski definition) is 3. The molecule has 0 spiro atoms. The number of carbonyl (C=O) groups is 1. The van der Waals surface area contributed by atoms with Gasteiger partial charge in [-0.15, -0.1) is 0 Å². The topological polar surface area (TPSA) is 50.4 Å². The van der Waals surface area contributed by atoms with Crippen molar-refractivity contribution in [3.8, 4) is 0 Å². The SMILES string of the molecule is CCC1CC(NC(=O)OC(C)(C)C)CN1. The molecule has 2 atom stereocenters. The van der Waals surface area contributed by atoms with Crippen molar-refractivity contribution in [2.75, 3.05) is 6.54 Å². The van der Waals surface area contributed by atoms with E-state index in [1.165, 1.54) is 0 Å². The van der Waals surface area contributed by atoms with Gasteiger partial charge < -0.3 is 15.4 Å². The second-order valence-electron chi connectivity index (χ2n) is 5.09. The zero-order valence-electron chi connectivity index (χ0n) is 10.1. The van der Waals surface area contributed by atoms with Crippen LogP contribution in [-0.2, 0) is 4.74 Å². The van der Waals surface area contributed by atoms with Gasteiger partial charge in [0.25, 0.3) is 0 Å². The summed E-state index contributed by atoms with van der Waals surface area (Å²) in [5, 5.41) is 6.23. The second kappa shape index (κ2) is 4.84. The van der Waals surface area contributed by atoms with E-state index in [0.717, 1.165) is 19.4 Å². The number of amides is 1. The molecule has 0 saturated carbocycles. The summed E-state index contributed by atoms with van der Waals surface area (Å²) in [6, 6.07) is 0.745. The van der Waals surface area contributed by atoms with Crippen molar-refractivity contribution < 1.29 is 9.53 Å². The van der Waals surface area contributed by atoms with E-state index in [0.29, 0.717) is 6.04 Å². The second-order valence-corrected chi connectivity index (χ2v) is 5.09. The molecule has 0 radical (unpaired) electrons. The van der Waals surface area contributed by atoms with E-state index in [1.54, 1.807) is 0 Å². The molecular formula is C11H22N2O2. The quantitative estimate of drug-likeness (QED) is 0.735. The first-order valence-electron chi connectivity index (χ1n) is 5.63. The fourth-order valence-corrected chi connectivity index (χ4v) is 1.71. The third kappa shape index (κ3) is 4.51. The molecule has 1 fully saturated rings. The Bertz CT molecular complexity index is 223. The minimum atomic E-state index is -0.416. The Kier molecular flexibility index (Phi) is 3.97. The molecular weight excluding hydrogens is 192 g/mol. The minimum Gasteiger partial charge on any atom is -0.444 e. The Morgan fingerprint density at radius 1 is 1.53 bits per heavy atom. The molecule has 1 aliphatic rings. The molecule has 1 rings (SSSR count). The molecule has 0 aromatic rings. The first-order valence-corrected chi connectivity index (χ1v) is 5.63. The van der Waals surface area contributed by atoms with Crippen LogP contribution in [0.2, 0.25) is 0 Å². The van der Waals surface area contributed by atoms with E-state index in [9.17, 15) is 4.79 Å². The third-order valence-corrected chi connectivity index (χ3v) is 2.44. The molecule has 4 heteroatoms. The molecule has 0 aliphatic carbocycles. The van der Waals surface area contributed by atoms with Gasteiger partial charge in [-0.1, -0.05) is 6.92 Å². The highest BCUT2D eigenvalue weighted by atomic mass is 16.6. The highest BCUT2D eigenvalue weighted by molar-refractivity contribution is 5.68. The molecule has 15 heavy (non-hydrogen) atoms. The molecule has 0 aromatic carbocycles. The van der Waals surface area contributed by atoms with Gasteiger partial charge in [0, 0.05) is 18.6 Å². The monoisotopic (exact) mass is 214 g/mol. The maximum absolute atomic E-state index is 11.4. The Labute approximate surface area is 91.8 Å². The van der Waals surface area contributed by atoms with Crippen molar-refractivity contribution in [2.45, 2.75) is 58.2 Å². The van der Waals surface area contributed by atoms with Crippen LogP contribution in [0.25, 0.3) is 0 Å². The number of nitrogens with one attached hydrogen (secondary N) is 2. The summed E-state index contributed by atoms with van der Waals surface area (Å²) < 4.78 is 5.19. The molecule has 1 saturated heterocycles. The van der Waals surface area contributed by atoms with Gasteiger partial charge in [0.1, 0.15) is 5.60 Å². The van der Waals surface area contributed by atoms with Crippen LogP contribution < -0.4 is 10.6 Å². The first-order chi connectivity index (χ1) is 6.90. The Hall–Kier alpha value is -0.770. The normalized spacial score (nSPS) is 26.4. The number of rotatable bonds is 2. The molecule has 2 N–H and O–H groups in total. The summed E-state index contributed by atoms with van der Waals surface area (Å²) in [6.07, 6.45) is 1.79. The molecule has 88 valence electrons. The molecule has 1 aliphatic heterocycles. The number of hydrogen-bond donors (Lipinski definition) is 2. The molecule has 1 amide bonds. The Balaban J connectivity index is 2.28. The lowest BCUT2D eigenvalue weighted by atomic mass is 10.1. The molecule has 0 bridgehead atoms. The zero-order chi connectivity index (χ0) is 11.5. The van der Waals surface area contributed by atoms with Gasteiger partial charge in [-0.25, -0.2) is 4.79 Å². The average Bonchev–Trinajstić information content (AvgIpc) is 2.48. The third-order valence-electron chi connectivity index (χ3n) is 2.44. The highest BCUT2D eigenvalue weighted by Gasteiger charge is 2.25. The summed E-state index contributed by atoms with van der Waals surface area (Å²) in [4.78, 5) is 11.4. The van der Waals surface area contributed by atoms with Crippen LogP contribution >= 0.6 is 0 Å². The van der Waals surface area contributed by atoms with Crippen molar-refractivity contribution in [3.63, 3.8) is 0 Å². The van der Waals surface area contributed by atoms with Gasteiger partial charge in [-0.05, 0) is 33.6 Å². The van der Waals surface area contributed by atoms with Crippen molar-refractivity contribution in [2.24, 2.45) is 0 Å². The first kappa shape index (κ1) is 12.3. The van der Waals surface area contributed by atoms with Gasteiger partial charge in [0.15, 0.2) is 0 Å². The molecule has 1 heterocycles. The summed E-state index contributed by atoms with van der Waals surface area (Å²) in [5.41, 5.74) is -0.416. The van der Waals surface area contributed by atoms with Gasteiger partial charge >= 0.3 is 6.09 Å². The summed E-state index contributed by atoms with van der Waals surface area (Å²) in [5.74, 6) is 0. The van der Waals surface area contributed by atoms with E-state index in [-0.39, 0.29) is 12.1 Å². The minimum absolute atomic E-state index is 0.213. The fourth-order valence-electron chi connectivity index (χ4n) is 1.71. The van der Waals surface area contributed by atoms with Crippen LogP contribution in [0.3, 0.4) is 0 Å². The Morgan fingerprint density at radius 2 is 2.20 bits per heavy atom. The van der Waals surface area contributed by atoms with Gasteiger partial charge in [0.2, 0.25) is 0 Å². The lowest BCUT2D eigenvalue weighted by Crippen LogP contribution is -2.40. The van der Waals surface area contributed by atoms with Crippen LogP contribution in [0.1, 0.15) is 40.5 Å². The van der Waals surface area contributed by atoms with Crippen LogP contribution in [0.4, 0.5) is 4.79 Å². The summed E-state index contributed by atoms with van der Waals surface area (Å²) >= 11 is 0. The number of alkyl carbamates (subject to hydrolysis) is 1. The van der Waals surface area contributed by atoms with E-state index < -0.39 is 5.60 Å². The van der Waals surface area contributed by atoms with E-state index in [4.69, 9.17) is 4.74 Å². The van der Waals surface area contributed by atoms with Crippen molar-refractivity contribution in [1.82, 2.24) is 10.6 Å². The van der Waals surface area contributed by atoms with Crippen molar-refractivity contribution >= 4 is 6.09 Å². The molecule has 0 aromatic heterocycles. The van der Waals surface area contributed by atoms with E-state index in [1.807, 2.05) is 20.8 Å². The smallest absolute Gasteiger partial charge is 0.407 e. The van der Waals surface area contributed by atoms with E-state index >= 15 is 0 Å². The Morgan fingerprint density at radius 3 is 2.67 bits per heavy atom. The lowest BCUT2D eigenvalue weighted by Gasteiger charge is -2.21. The van der Waals surface area contributed by atoms with Gasteiger partial charge in [0.05, 0.1) is 0 Å². The maximum Gasteiger partial charge on any atom is 0.407 e. The van der Waals surface area contributed by atoms with Crippen molar-refractivity contribution in [1.29, 1.82) is 0 Å². The predicted molar refractivity (Wildman–Crippen MR) is 59.9 cm³/mol. The average molecular weight is 214 g/mol. The largest absolute Gasteiger partial charge is 0.444 e. The zero-order valence-corrected chi connectivity index (χ0v) is 10.1. The standard InChI is InChI=1S/C11H22N2O2/c1-5-8-6-9(7-12-8)13-10(14)15-11(2,3)4/h8-9,12H,5-7H2,1-4H3,(H,13,14). The fraction of sp³-hybridized carbons (Fsp3) is 0.909. The van der Waals surface area contributed by atoms with Gasteiger partial charge in [-0.3, -0.25) is 0 Å². The van der Waals surface area contributed by atoms with Crippen LogP contribution in [0, 0.1) is 0 Å². The predicted octanol–water partition coefficient (Wildman–Crippen LogP) is 1.65. The molecule has 2 unspecified atom stereocenters. The molecule has 4 nitrogen and oxygen atoms in total. The van der Waals surface area contributed by atoms with Crippen molar-refractivity contribution in [3.05, 3.63) is 0 Å². The van der Waals surface area contributed by atoms with Crippen LogP contribution in [-0.4, -0.2) is 30.3 Å². The summed E-state index contributed by atoms with van der Waals surface area (Å²) in [6.45, 7) is 8.60.